The molecule has 0 unspecified atom stereocenters. The van der Waals surface area contributed by atoms with Gasteiger partial charge in [0.15, 0.2) is 3.95 Å². The number of hydrogen-bond donors (Lipinski definition) is 2. The van der Waals surface area contributed by atoms with Gasteiger partial charge in [-0.25, -0.2) is 0 Å². The van der Waals surface area contributed by atoms with Gasteiger partial charge in [0.05, 0.1) is 12.5 Å². The summed E-state index contributed by atoms with van der Waals surface area (Å²) in [7, 11) is 1.76. The van der Waals surface area contributed by atoms with Crippen LogP contribution in [0, 0.1) is 16.3 Å². The highest BCUT2D eigenvalue weighted by Gasteiger charge is 2.53. The Balaban J connectivity index is 2.00. The summed E-state index contributed by atoms with van der Waals surface area (Å²) in [6.45, 7) is 6.31. The maximum atomic E-state index is 12.3. The monoisotopic (exact) mass is 328 g/mol. The second-order valence-electron chi connectivity index (χ2n) is 5.76. The standard InChI is InChI=1S/C15H24N2O2S2/c1-5-15(6-2)11(8-12(15)19-4)17-13(18)7-10-9(3)16-14(20)21-10/h11-12H,5-8H2,1-4H3,(H,16,20)(H,17,18)/t11-,12+/m0/s1. The van der Waals surface area contributed by atoms with E-state index in [9.17, 15) is 4.79 Å². The zero-order valence-corrected chi connectivity index (χ0v) is 14.7. The van der Waals surface area contributed by atoms with Crippen molar-refractivity contribution in [3.8, 4) is 0 Å². The van der Waals surface area contributed by atoms with Gasteiger partial charge >= 0.3 is 0 Å². The van der Waals surface area contributed by atoms with E-state index in [1.807, 2.05) is 6.92 Å². The number of nitrogens with one attached hydrogen (secondary N) is 2. The SMILES string of the molecule is CCC1(CC)[C@@H](NC(=O)Cc2sc(=S)[nH]c2C)C[C@H]1OC. The highest BCUT2D eigenvalue weighted by atomic mass is 32.1. The summed E-state index contributed by atoms with van der Waals surface area (Å²) in [5, 5.41) is 3.20. The number of H-pyrrole nitrogens is 1. The first-order valence-corrected chi connectivity index (χ1v) is 8.70. The van der Waals surface area contributed by atoms with Crippen molar-refractivity contribution in [2.75, 3.05) is 7.11 Å². The Labute approximate surface area is 135 Å². The van der Waals surface area contributed by atoms with Crippen LogP contribution in [0.4, 0.5) is 0 Å². The lowest BCUT2D eigenvalue weighted by atomic mass is 9.58. The van der Waals surface area contributed by atoms with E-state index in [1.54, 1.807) is 7.11 Å². The second-order valence-corrected chi connectivity index (χ2v) is 7.53. The molecule has 118 valence electrons. The molecule has 1 heterocycles. The van der Waals surface area contributed by atoms with Crippen molar-refractivity contribution in [1.82, 2.24) is 10.3 Å². The number of methoxy groups -OCH3 is 1. The lowest BCUT2D eigenvalue weighted by Crippen LogP contribution is -2.64. The summed E-state index contributed by atoms with van der Waals surface area (Å²) in [5.74, 6) is 0.0779. The number of carbonyl (C=O) groups is 1. The predicted octanol–water partition coefficient (Wildman–Crippen LogP) is 3.37. The van der Waals surface area contributed by atoms with Gasteiger partial charge in [-0.15, -0.1) is 11.3 Å². The van der Waals surface area contributed by atoms with Crippen LogP contribution in [-0.2, 0) is 16.0 Å². The Kier molecular flexibility index (Phi) is 5.22. The summed E-state index contributed by atoms with van der Waals surface area (Å²) in [6.07, 6.45) is 3.62. The summed E-state index contributed by atoms with van der Waals surface area (Å²) in [5.41, 5.74) is 1.09. The van der Waals surface area contributed by atoms with Gasteiger partial charge in [-0.1, -0.05) is 13.8 Å². The Morgan fingerprint density at radius 3 is 2.67 bits per heavy atom. The highest BCUT2D eigenvalue weighted by Crippen LogP contribution is 2.48. The van der Waals surface area contributed by atoms with Gasteiger partial charge in [-0.2, -0.15) is 0 Å². The van der Waals surface area contributed by atoms with Crippen LogP contribution in [0.3, 0.4) is 0 Å². The number of rotatable bonds is 6. The fraction of sp³-hybridized carbons (Fsp3) is 0.733. The highest BCUT2D eigenvalue weighted by molar-refractivity contribution is 7.73. The molecule has 1 aliphatic rings. The largest absolute Gasteiger partial charge is 0.381 e. The molecule has 0 bridgehead atoms. The number of aromatic nitrogens is 1. The van der Waals surface area contributed by atoms with Crippen LogP contribution in [0.1, 0.15) is 43.7 Å². The fourth-order valence-corrected chi connectivity index (χ4v) is 4.77. The summed E-state index contributed by atoms with van der Waals surface area (Å²) >= 11 is 6.60. The van der Waals surface area contributed by atoms with Gasteiger partial charge in [0.1, 0.15) is 0 Å². The van der Waals surface area contributed by atoms with Crippen LogP contribution in [0.15, 0.2) is 0 Å². The van der Waals surface area contributed by atoms with Crippen molar-refractivity contribution in [1.29, 1.82) is 0 Å². The molecule has 1 fully saturated rings. The van der Waals surface area contributed by atoms with E-state index < -0.39 is 0 Å². The number of aryl methyl sites for hydroxylation is 1. The Hall–Kier alpha value is -0.720. The Morgan fingerprint density at radius 2 is 2.19 bits per heavy atom. The van der Waals surface area contributed by atoms with E-state index >= 15 is 0 Å². The quantitative estimate of drug-likeness (QED) is 0.787. The molecule has 1 saturated carbocycles. The third-order valence-electron chi connectivity index (χ3n) is 4.97. The molecule has 6 heteroatoms. The third kappa shape index (κ3) is 3.07. The molecular formula is C15H24N2O2S2. The van der Waals surface area contributed by atoms with Gasteiger partial charge in [-0.3, -0.25) is 4.79 Å². The number of ether oxygens (including phenoxy) is 1. The van der Waals surface area contributed by atoms with Crippen LogP contribution in [0.5, 0.6) is 0 Å². The van der Waals surface area contributed by atoms with Gasteiger partial charge in [0, 0.05) is 29.1 Å². The molecule has 4 nitrogen and oxygen atoms in total. The average molecular weight is 329 g/mol. The molecule has 0 radical (unpaired) electrons. The maximum Gasteiger partial charge on any atom is 0.225 e. The lowest BCUT2D eigenvalue weighted by Gasteiger charge is -2.55. The molecule has 1 aliphatic carbocycles. The minimum absolute atomic E-state index is 0.0779. The molecule has 2 rings (SSSR count). The maximum absolute atomic E-state index is 12.3. The van der Waals surface area contributed by atoms with Crippen molar-refractivity contribution < 1.29 is 9.53 Å². The van der Waals surface area contributed by atoms with E-state index in [4.69, 9.17) is 17.0 Å². The number of hydrogen-bond acceptors (Lipinski definition) is 4. The number of carbonyl (C=O) groups excluding carboxylic acids is 1. The summed E-state index contributed by atoms with van der Waals surface area (Å²) in [6, 6.07) is 0.220. The van der Waals surface area contributed by atoms with Crippen molar-refractivity contribution >= 4 is 29.5 Å². The topological polar surface area (TPSA) is 54.1 Å². The fourth-order valence-electron chi connectivity index (χ4n) is 3.48. The van der Waals surface area contributed by atoms with Crippen LogP contribution >= 0.6 is 23.6 Å². The summed E-state index contributed by atoms with van der Waals surface area (Å²) in [4.78, 5) is 16.4. The Morgan fingerprint density at radius 1 is 1.52 bits per heavy atom. The normalized spacial score (nSPS) is 23.6. The first-order valence-electron chi connectivity index (χ1n) is 7.47. The van der Waals surface area contributed by atoms with Crippen LogP contribution in [0.25, 0.3) is 0 Å². The molecule has 0 spiro atoms. The molecule has 2 N–H and O–H groups in total. The van der Waals surface area contributed by atoms with E-state index in [0.29, 0.717) is 6.42 Å². The van der Waals surface area contributed by atoms with Gasteiger partial charge in [0.25, 0.3) is 0 Å². The van der Waals surface area contributed by atoms with Gasteiger partial charge in [0.2, 0.25) is 5.91 Å². The van der Waals surface area contributed by atoms with E-state index in [1.165, 1.54) is 11.3 Å². The van der Waals surface area contributed by atoms with Crippen LogP contribution in [0.2, 0.25) is 0 Å². The number of thiazole rings is 1. The number of aromatic amines is 1. The van der Waals surface area contributed by atoms with Crippen LogP contribution in [-0.4, -0.2) is 30.1 Å². The first kappa shape index (κ1) is 16.6. The molecule has 1 aromatic heterocycles. The van der Waals surface area contributed by atoms with E-state index in [-0.39, 0.29) is 23.5 Å². The minimum Gasteiger partial charge on any atom is -0.381 e. The van der Waals surface area contributed by atoms with Crippen molar-refractivity contribution in [2.45, 2.75) is 58.6 Å². The first-order chi connectivity index (χ1) is 9.96. The van der Waals surface area contributed by atoms with Crippen molar-refractivity contribution in [2.24, 2.45) is 5.41 Å². The molecule has 1 aromatic rings. The van der Waals surface area contributed by atoms with Crippen LogP contribution < -0.4 is 5.32 Å². The molecule has 2 atom stereocenters. The molecule has 0 aromatic carbocycles. The second kappa shape index (κ2) is 6.58. The smallest absolute Gasteiger partial charge is 0.225 e. The van der Waals surface area contributed by atoms with E-state index in [2.05, 4.69) is 24.1 Å². The van der Waals surface area contributed by atoms with Crippen molar-refractivity contribution in [3.63, 3.8) is 0 Å². The molecule has 0 aliphatic heterocycles. The number of amides is 1. The molecule has 1 amide bonds. The molecular weight excluding hydrogens is 304 g/mol. The van der Waals surface area contributed by atoms with E-state index in [0.717, 1.165) is 33.8 Å². The molecule has 21 heavy (non-hydrogen) atoms. The summed E-state index contributed by atoms with van der Waals surface area (Å²) < 4.78 is 6.30. The Bertz CT molecular complexity index is 560. The van der Waals surface area contributed by atoms with Gasteiger partial charge < -0.3 is 15.0 Å². The van der Waals surface area contributed by atoms with Crippen molar-refractivity contribution in [3.05, 3.63) is 14.5 Å². The zero-order valence-electron chi connectivity index (χ0n) is 13.1. The zero-order chi connectivity index (χ0) is 15.6. The average Bonchev–Trinajstić information content (AvgIpc) is 2.74. The molecule has 0 saturated heterocycles. The van der Waals surface area contributed by atoms with Gasteiger partial charge in [-0.05, 0) is 38.4 Å². The lowest BCUT2D eigenvalue weighted by molar-refractivity contribution is -0.140. The minimum atomic E-state index is 0.0779. The predicted molar refractivity (Wildman–Crippen MR) is 88.3 cm³/mol. The third-order valence-corrected chi connectivity index (χ3v) is 6.30.